The van der Waals surface area contributed by atoms with Crippen LogP contribution in [0.15, 0.2) is 88.7 Å². The van der Waals surface area contributed by atoms with Crippen LogP contribution < -0.4 is 47.0 Å². The first-order valence-corrected chi connectivity index (χ1v) is 51.7. The topological polar surface area (TPSA) is 382 Å². The number of hydrogen-bond donors (Lipinski definition) is 9. The third-order valence-corrected chi connectivity index (χ3v) is 33.8. The van der Waals surface area contributed by atoms with Crippen molar-refractivity contribution < 1.29 is 23.6 Å². The molecule has 44 heteroatoms. The Labute approximate surface area is 811 Å². The number of anilines is 3. The standard InChI is InChI=1S/C21H24Cl2N6.C19H29BrN6OS.C13H26N2OS.C7H7BrN4S.C6H5BCl2O2.C6H6BrClN2S.C6H9BrN4S.C2H6O.CH4/c1-13-17(14-4-2-5-15(22)18(14)23)19-27-25-12-29(19)20(26-13)28-10-8-21(9-11-28)7-3-6-16(21)24;1-13-15(20)16-23-21-12-26(16)17(22-13)25-10-8-19(9-11-25)7-5-6-14(19)24-28(27)18(2,3)4;1-12(2,3)17(16)15-11-5-4-6-13(11)7-9-14-10-8-13;1-4-5(8)6-11-9-3-12(6)7(10-4)13-2;8-5-3-1-2-4(6(5)9)7(10)11;1-3-4(7)5(8)10-6(9-3)11-2;1-3-4(7)5(11-8)10-6(9-3)12-2;1-2-3;/h2,4-5,12,16H,3,6-11,24H2,1H3;12,14,24H,5-11H2,1-4H3;11,14-15H,4-10H2,1-3H3;3H,1-2H3;1-3,10-11H;1-2H3;8H2,1-2H3,(H,9,10,11);3H,2H2,1H3;1H4/t16-;14-,28-;11-,17-;;;;;;/m111....../s1. The molecule has 11 heterocycles. The minimum atomic E-state index is -1.57. The van der Waals surface area contributed by atoms with Gasteiger partial charge in [0, 0.05) is 67.5 Å². The monoisotopic (exact) mass is 2170 g/mol. The van der Waals surface area contributed by atoms with Gasteiger partial charge in [0.15, 0.2) is 38.2 Å². The summed E-state index contributed by atoms with van der Waals surface area (Å²) < 4.78 is 40.6. The molecule has 3 spiro atoms. The number of nitrogen functional groups attached to an aromatic ring is 1. The smallest absolute Gasteiger partial charge is 0.423 e. The first-order chi connectivity index (χ1) is 58.8. The fourth-order valence-corrected chi connectivity index (χ4v) is 21.5. The summed E-state index contributed by atoms with van der Waals surface area (Å²) in [6, 6.07) is 11.4. The van der Waals surface area contributed by atoms with Crippen LogP contribution in [0.4, 0.5) is 17.7 Å². The van der Waals surface area contributed by atoms with Crippen molar-refractivity contribution in [3.8, 4) is 11.1 Å². The van der Waals surface area contributed by atoms with Crippen LogP contribution in [0.25, 0.3) is 28.1 Å². The SMILES string of the molecule is C.CC(C)(C)[S@@](=O)N[C@@H]1CCCC12CCNCC2.CCO.CSc1nc(C)c(Br)c(Cl)n1.CSc1nc(C)c(Br)c(NN)n1.CSc1nc(C)c(Br)c2nncn12.Cc1nc(N2CCC3(CCC[C@H]3N)CC2)n2cnnc2c1-c1cccc(Cl)c1Cl.Cc1nc(N2CCC3(CCC[C@H]3N[S@](=O)C(C)(C)C)CC2)n2cnnc2c1Br.OB(O)c1cccc(Cl)c1Cl. The Kier molecular flexibility index (Phi) is 41.0. The molecule has 29 nitrogen and oxygen atoms in total. The van der Waals surface area contributed by atoms with Gasteiger partial charge in [0.1, 0.15) is 24.1 Å². The molecular formula is C81H116BBr4Cl5N24O5S5. The van der Waals surface area contributed by atoms with E-state index in [-0.39, 0.29) is 39.4 Å². The highest BCUT2D eigenvalue weighted by atomic mass is 79.9. The van der Waals surface area contributed by atoms with E-state index in [0.717, 1.165) is 169 Å². The van der Waals surface area contributed by atoms with Gasteiger partial charge < -0.3 is 41.4 Å². The predicted octanol–water partition coefficient (Wildman–Crippen LogP) is 17.6. The van der Waals surface area contributed by atoms with Crippen molar-refractivity contribution in [3.63, 3.8) is 0 Å². The van der Waals surface area contributed by atoms with Crippen LogP contribution in [0.5, 0.6) is 0 Å². The average molecular weight is 2170 g/mol. The van der Waals surface area contributed by atoms with E-state index in [1.807, 2.05) is 120 Å². The van der Waals surface area contributed by atoms with E-state index in [1.54, 1.807) is 55.9 Å². The third kappa shape index (κ3) is 26.6. The molecule has 8 aromatic heterocycles. The summed E-state index contributed by atoms with van der Waals surface area (Å²) in [5.74, 6) is 7.67. The van der Waals surface area contributed by atoms with Crippen LogP contribution in [0.3, 0.4) is 0 Å². The van der Waals surface area contributed by atoms with Gasteiger partial charge in [-0.2, -0.15) is 0 Å². The molecule has 0 radical (unpaired) electrons. The van der Waals surface area contributed by atoms with Crippen molar-refractivity contribution in [1.29, 1.82) is 0 Å². The number of rotatable bonds is 12. The number of piperidine rings is 3. The van der Waals surface area contributed by atoms with E-state index in [2.05, 4.69) is 149 Å². The molecule has 3 saturated carbocycles. The van der Waals surface area contributed by atoms with Gasteiger partial charge in [-0.1, -0.05) is 144 Å². The second-order valence-corrected chi connectivity index (χ2v) is 44.3. The molecule has 125 heavy (non-hydrogen) atoms. The first-order valence-electron chi connectivity index (χ1n) is 40.7. The van der Waals surface area contributed by atoms with Gasteiger partial charge >= 0.3 is 7.12 Å². The van der Waals surface area contributed by atoms with Crippen molar-refractivity contribution in [2.45, 2.75) is 230 Å². The highest BCUT2D eigenvalue weighted by molar-refractivity contribution is 9.11. The Balaban J connectivity index is 0.000000186. The Morgan fingerprint density at radius 3 is 1.45 bits per heavy atom. The number of nitrogens with zero attached hydrogens (tertiary/aromatic N) is 18. The average Bonchev–Trinajstić information content (AvgIpc) is 1.68. The molecule has 10 aromatic rings. The molecule has 5 atom stereocenters. The Morgan fingerprint density at radius 1 is 0.552 bits per heavy atom. The zero-order chi connectivity index (χ0) is 90.9. The summed E-state index contributed by atoms with van der Waals surface area (Å²) in [4.78, 5) is 35.4. The summed E-state index contributed by atoms with van der Waals surface area (Å²) in [6.07, 6.45) is 28.8. The number of nitrogens with one attached hydrogen (secondary N) is 4. The number of thioether (sulfide) groups is 3. The lowest BCUT2D eigenvalue weighted by Crippen LogP contribution is -2.51. The minimum absolute atomic E-state index is 0. The van der Waals surface area contributed by atoms with Gasteiger partial charge in [0.25, 0.3) is 0 Å². The van der Waals surface area contributed by atoms with Crippen molar-refractivity contribution in [2.24, 2.45) is 27.8 Å². The molecule has 6 aliphatic rings. The van der Waals surface area contributed by atoms with Crippen molar-refractivity contribution >= 4 is 226 Å². The van der Waals surface area contributed by atoms with Crippen LogP contribution in [-0.4, -0.2) is 202 Å². The Bertz CT molecular complexity index is 5270. The van der Waals surface area contributed by atoms with E-state index >= 15 is 0 Å². The predicted molar refractivity (Wildman–Crippen MR) is 532 cm³/mol. The summed E-state index contributed by atoms with van der Waals surface area (Å²) in [6.45, 7) is 29.9. The molecule has 6 fully saturated rings. The molecule has 11 N–H and O–H groups in total. The number of benzene rings is 2. The molecule has 0 bridgehead atoms. The zero-order valence-corrected chi connectivity index (χ0v) is 86.6. The van der Waals surface area contributed by atoms with E-state index in [1.165, 1.54) is 87.4 Å². The quantitative estimate of drug-likeness (QED) is 0.0137. The highest BCUT2D eigenvalue weighted by Crippen LogP contribution is 2.50. The number of aryl methyl sites for hydroxylation is 5. The van der Waals surface area contributed by atoms with Crippen LogP contribution >= 0.6 is 157 Å². The van der Waals surface area contributed by atoms with E-state index in [0.29, 0.717) is 65.3 Å². The summed E-state index contributed by atoms with van der Waals surface area (Å²) in [5, 5.41) is 57.5. The number of hydrogen-bond acceptors (Lipinski definition) is 27. The summed E-state index contributed by atoms with van der Waals surface area (Å²) in [7, 11) is -3.51. The lowest BCUT2D eigenvalue weighted by molar-refractivity contribution is 0.175. The van der Waals surface area contributed by atoms with E-state index < -0.39 is 29.1 Å². The number of fused-ring (bicyclic) bond motifs is 3. The van der Waals surface area contributed by atoms with Gasteiger partial charge in [-0.25, -0.2) is 63.0 Å². The van der Waals surface area contributed by atoms with Crippen molar-refractivity contribution in [3.05, 3.63) is 127 Å². The molecule has 2 aromatic carbocycles. The van der Waals surface area contributed by atoms with Gasteiger partial charge in [-0.05, 0) is 284 Å². The Morgan fingerprint density at radius 2 is 0.976 bits per heavy atom. The molecule has 16 rings (SSSR count). The fraction of sp³-hybridized carbons (Fsp3) is 0.568. The van der Waals surface area contributed by atoms with Gasteiger partial charge in [-0.3, -0.25) is 8.80 Å². The van der Waals surface area contributed by atoms with E-state index in [9.17, 15) is 8.42 Å². The van der Waals surface area contributed by atoms with Crippen LogP contribution in [0.2, 0.25) is 25.2 Å². The zero-order valence-electron chi connectivity index (χ0n) is 72.4. The largest absolute Gasteiger partial charge is 0.490 e. The number of hydrazine groups is 1. The molecule has 3 aliphatic carbocycles. The maximum absolute atomic E-state index is 12.7. The number of aliphatic hydroxyl groups is 1. The van der Waals surface area contributed by atoms with Gasteiger partial charge in [-0.15, -0.1) is 30.6 Å². The molecule has 686 valence electrons. The second kappa shape index (κ2) is 48.2. The Hall–Kier alpha value is -3.89. The summed E-state index contributed by atoms with van der Waals surface area (Å²) >= 11 is 47.9. The lowest BCUT2D eigenvalue weighted by atomic mass is 9.74. The second-order valence-electron chi connectivity index (χ2n) is 32.9. The molecule has 3 saturated heterocycles. The summed E-state index contributed by atoms with van der Waals surface area (Å²) in [5.41, 5.74) is 18.7. The van der Waals surface area contributed by atoms with E-state index in [4.69, 9.17) is 94.7 Å². The van der Waals surface area contributed by atoms with Crippen molar-refractivity contribution in [1.82, 2.24) is 93.4 Å². The minimum Gasteiger partial charge on any atom is -0.423 e. The third-order valence-electron chi connectivity index (χ3n) is 22.9. The van der Waals surface area contributed by atoms with Crippen LogP contribution in [0, 0.1) is 50.9 Å². The van der Waals surface area contributed by atoms with Crippen LogP contribution in [-0.2, 0) is 22.0 Å². The normalized spacial score (nSPS) is 18.4. The maximum Gasteiger partial charge on any atom is 0.490 e. The molecule has 0 unspecified atom stereocenters. The van der Waals surface area contributed by atoms with Gasteiger partial charge in [0.2, 0.25) is 11.9 Å². The number of nitrogens with two attached hydrogens (primary N) is 2. The number of aliphatic hydroxyl groups excluding tert-OH is 1. The molecular weight excluding hydrogens is 2060 g/mol. The number of aromatic nitrogens is 16. The molecule has 0 amide bonds. The van der Waals surface area contributed by atoms with Crippen molar-refractivity contribution in [2.75, 3.05) is 79.9 Å². The lowest BCUT2D eigenvalue weighted by Gasteiger charge is -2.44. The van der Waals surface area contributed by atoms with Gasteiger partial charge in [0.05, 0.1) is 97.9 Å². The first kappa shape index (κ1) is 106. The van der Waals surface area contributed by atoms with Crippen LogP contribution in [0.1, 0.15) is 181 Å². The maximum atomic E-state index is 12.7. The molecule has 3 aliphatic heterocycles. The number of halogens is 9. The fourth-order valence-electron chi connectivity index (χ4n) is 16.0. The highest BCUT2D eigenvalue weighted by Gasteiger charge is 2.48.